The topological polar surface area (TPSA) is 15.3 Å². The van der Waals surface area contributed by atoms with Crippen LogP contribution >= 0.6 is 27.5 Å². The Hall–Kier alpha value is -0.250. The van der Waals surface area contributed by atoms with Gasteiger partial charge in [0, 0.05) is 34.8 Å². The number of hydrogen-bond donors (Lipinski definition) is 1. The zero-order chi connectivity index (χ0) is 14.0. The first-order valence-electron chi connectivity index (χ1n) is 6.98. The van der Waals surface area contributed by atoms with Gasteiger partial charge in [-0.25, -0.2) is 0 Å². The molecule has 1 unspecified atom stereocenters. The molecule has 0 saturated carbocycles. The number of piperazine rings is 1. The Kier molecular flexibility index (Phi) is 4.80. The Labute approximate surface area is 129 Å². The van der Waals surface area contributed by atoms with Crippen LogP contribution in [-0.4, -0.2) is 24.7 Å². The van der Waals surface area contributed by atoms with Gasteiger partial charge in [0.25, 0.3) is 0 Å². The van der Waals surface area contributed by atoms with Crippen LogP contribution in [0.4, 0.5) is 5.69 Å². The summed E-state index contributed by atoms with van der Waals surface area (Å²) < 4.78 is 0.956. The van der Waals surface area contributed by atoms with Crippen molar-refractivity contribution in [1.29, 1.82) is 0 Å². The maximum atomic E-state index is 6.23. The maximum Gasteiger partial charge on any atom is 0.0568 e. The fourth-order valence-corrected chi connectivity index (χ4v) is 3.17. The minimum absolute atomic E-state index is 0.228. The molecule has 0 aliphatic carbocycles. The molecule has 106 valence electrons. The van der Waals surface area contributed by atoms with Crippen LogP contribution in [0, 0.1) is 0 Å². The highest BCUT2D eigenvalue weighted by molar-refractivity contribution is 9.10. The van der Waals surface area contributed by atoms with E-state index in [-0.39, 0.29) is 5.54 Å². The van der Waals surface area contributed by atoms with Crippen LogP contribution < -0.4 is 10.2 Å². The molecule has 0 radical (unpaired) electrons. The standard InChI is InChI=1S/C15H22BrClN2/c1-4-15(5-2)10-19(11(3)9-18-15)12-6-7-13(16)14(17)8-12/h6-8,11,18H,4-5,9-10H2,1-3H3. The Bertz CT molecular complexity index is 446. The van der Waals surface area contributed by atoms with Gasteiger partial charge >= 0.3 is 0 Å². The zero-order valence-electron chi connectivity index (χ0n) is 11.8. The lowest BCUT2D eigenvalue weighted by Crippen LogP contribution is -2.63. The van der Waals surface area contributed by atoms with E-state index in [2.05, 4.69) is 59.1 Å². The zero-order valence-corrected chi connectivity index (χ0v) is 14.2. The van der Waals surface area contributed by atoms with E-state index in [1.165, 1.54) is 5.69 Å². The van der Waals surface area contributed by atoms with Crippen molar-refractivity contribution in [2.24, 2.45) is 0 Å². The molecule has 0 aromatic heterocycles. The molecule has 0 amide bonds. The Morgan fingerprint density at radius 2 is 2.11 bits per heavy atom. The van der Waals surface area contributed by atoms with Crippen molar-refractivity contribution < 1.29 is 0 Å². The van der Waals surface area contributed by atoms with Crippen molar-refractivity contribution in [3.8, 4) is 0 Å². The summed E-state index contributed by atoms with van der Waals surface area (Å²) in [6, 6.07) is 6.73. The van der Waals surface area contributed by atoms with E-state index in [1.807, 2.05) is 6.07 Å². The van der Waals surface area contributed by atoms with E-state index in [9.17, 15) is 0 Å². The third-order valence-corrected chi connectivity index (χ3v) is 5.60. The van der Waals surface area contributed by atoms with Gasteiger partial charge in [-0.3, -0.25) is 0 Å². The first-order valence-corrected chi connectivity index (χ1v) is 8.15. The molecule has 0 bridgehead atoms. The van der Waals surface area contributed by atoms with Crippen LogP contribution in [0.25, 0.3) is 0 Å². The van der Waals surface area contributed by atoms with Gasteiger partial charge in [-0.2, -0.15) is 0 Å². The molecule has 1 aromatic carbocycles. The molecule has 1 aliphatic rings. The van der Waals surface area contributed by atoms with Crippen molar-refractivity contribution in [2.75, 3.05) is 18.0 Å². The number of nitrogens with zero attached hydrogens (tertiary/aromatic N) is 1. The van der Waals surface area contributed by atoms with Crippen LogP contribution in [0.15, 0.2) is 22.7 Å². The molecular weight excluding hydrogens is 324 g/mol. The van der Waals surface area contributed by atoms with E-state index < -0.39 is 0 Å². The monoisotopic (exact) mass is 344 g/mol. The third kappa shape index (κ3) is 3.09. The summed E-state index contributed by atoms with van der Waals surface area (Å²) in [5.74, 6) is 0. The van der Waals surface area contributed by atoms with Crippen molar-refractivity contribution in [3.05, 3.63) is 27.7 Å². The SMILES string of the molecule is CCC1(CC)CN(c2ccc(Br)c(Cl)c2)C(C)CN1. The predicted molar refractivity (Wildman–Crippen MR) is 87.3 cm³/mol. The summed E-state index contributed by atoms with van der Waals surface area (Å²) in [6.07, 6.45) is 2.30. The highest BCUT2D eigenvalue weighted by Crippen LogP contribution is 2.32. The average molecular weight is 346 g/mol. The average Bonchev–Trinajstić information content (AvgIpc) is 2.43. The lowest BCUT2D eigenvalue weighted by molar-refractivity contribution is 0.254. The number of anilines is 1. The summed E-state index contributed by atoms with van der Waals surface area (Å²) in [6.45, 7) is 8.85. The van der Waals surface area contributed by atoms with E-state index in [0.717, 1.165) is 35.4 Å². The Balaban J connectivity index is 2.28. The lowest BCUT2D eigenvalue weighted by atomic mass is 9.88. The van der Waals surface area contributed by atoms with Crippen LogP contribution in [0.3, 0.4) is 0 Å². The van der Waals surface area contributed by atoms with E-state index >= 15 is 0 Å². The molecule has 2 nitrogen and oxygen atoms in total. The van der Waals surface area contributed by atoms with Gasteiger partial charge in [0.1, 0.15) is 0 Å². The number of benzene rings is 1. The Morgan fingerprint density at radius 3 is 2.68 bits per heavy atom. The largest absolute Gasteiger partial charge is 0.366 e. The molecular formula is C15H22BrClN2. The van der Waals surface area contributed by atoms with E-state index in [1.54, 1.807) is 0 Å². The van der Waals surface area contributed by atoms with Gasteiger partial charge < -0.3 is 10.2 Å². The van der Waals surface area contributed by atoms with Crippen LogP contribution in [0.5, 0.6) is 0 Å². The van der Waals surface area contributed by atoms with Crippen molar-refractivity contribution in [1.82, 2.24) is 5.32 Å². The second-order valence-corrected chi connectivity index (χ2v) is 6.71. The van der Waals surface area contributed by atoms with Crippen LogP contribution in [0.2, 0.25) is 5.02 Å². The molecule has 19 heavy (non-hydrogen) atoms. The van der Waals surface area contributed by atoms with Gasteiger partial charge in [0.15, 0.2) is 0 Å². The van der Waals surface area contributed by atoms with Crippen molar-refractivity contribution in [2.45, 2.75) is 45.2 Å². The minimum Gasteiger partial charge on any atom is -0.366 e. The summed E-state index contributed by atoms with van der Waals surface area (Å²) in [5, 5.41) is 4.50. The maximum absolute atomic E-state index is 6.23. The number of rotatable bonds is 3. The summed E-state index contributed by atoms with van der Waals surface area (Å²) in [7, 11) is 0. The second-order valence-electron chi connectivity index (χ2n) is 5.44. The van der Waals surface area contributed by atoms with E-state index in [4.69, 9.17) is 11.6 Å². The van der Waals surface area contributed by atoms with Gasteiger partial charge in [-0.05, 0) is 53.9 Å². The molecule has 2 rings (SSSR count). The fraction of sp³-hybridized carbons (Fsp3) is 0.600. The van der Waals surface area contributed by atoms with Crippen LogP contribution in [0.1, 0.15) is 33.6 Å². The van der Waals surface area contributed by atoms with Crippen LogP contribution in [-0.2, 0) is 0 Å². The summed E-state index contributed by atoms with van der Waals surface area (Å²) >= 11 is 9.69. The van der Waals surface area contributed by atoms with Crippen molar-refractivity contribution in [3.63, 3.8) is 0 Å². The molecule has 1 fully saturated rings. The molecule has 4 heteroatoms. The highest BCUT2D eigenvalue weighted by atomic mass is 79.9. The second kappa shape index (κ2) is 6.02. The predicted octanol–water partition coefficient (Wildman–Crippen LogP) is 4.46. The van der Waals surface area contributed by atoms with Gasteiger partial charge in [-0.15, -0.1) is 0 Å². The molecule has 1 atom stereocenters. The smallest absolute Gasteiger partial charge is 0.0568 e. The molecule has 0 spiro atoms. The quantitative estimate of drug-likeness (QED) is 0.870. The summed E-state index contributed by atoms with van der Waals surface area (Å²) in [5.41, 5.74) is 1.44. The molecule has 1 heterocycles. The first kappa shape index (κ1) is 15.1. The Morgan fingerprint density at radius 1 is 1.42 bits per heavy atom. The number of hydrogen-bond acceptors (Lipinski definition) is 2. The molecule has 1 saturated heterocycles. The fourth-order valence-electron chi connectivity index (χ4n) is 2.75. The molecule has 1 N–H and O–H groups in total. The van der Waals surface area contributed by atoms with E-state index in [0.29, 0.717) is 6.04 Å². The molecule has 1 aliphatic heterocycles. The van der Waals surface area contributed by atoms with Crippen molar-refractivity contribution >= 4 is 33.2 Å². The van der Waals surface area contributed by atoms with Gasteiger partial charge in [0.2, 0.25) is 0 Å². The first-order chi connectivity index (χ1) is 9.01. The molecule has 1 aromatic rings. The minimum atomic E-state index is 0.228. The normalized spacial score (nSPS) is 22.6. The van der Waals surface area contributed by atoms with Gasteiger partial charge in [0.05, 0.1) is 5.02 Å². The number of nitrogens with one attached hydrogen (secondary N) is 1. The summed E-state index contributed by atoms with van der Waals surface area (Å²) in [4.78, 5) is 2.47. The van der Waals surface area contributed by atoms with Gasteiger partial charge in [-0.1, -0.05) is 25.4 Å². The third-order valence-electron chi connectivity index (χ3n) is 4.37. The lowest BCUT2D eigenvalue weighted by Gasteiger charge is -2.47. The number of halogens is 2. The highest BCUT2D eigenvalue weighted by Gasteiger charge is 2.35.